The van der Waals surface area contributed by atoms with Gasteiger partial charge in [-0.05, 0) is 24.1 Å². The summed E-state index contributed by atoms with van der Waals surface area (Å²) < 4.78 is 12.8. The lowest BCUT2D eigenvalue weighted by Gasteiger charge is -2.01. The van der Waals surface area contributed by atoms with Crippen LogP contribution in [0, 0.1) is 5.82 Å². The van der Waals surface area contributed by atoms with E-state index >= 15 is 0 Å². The molecule has 2 N–H and O–H groups in total. The fraction of sp³-hybridized carbons (Fsp3) is 0.364. The Morgan fingerprint density at radius 2 is 2.27 bits per heavy atom. The van der Waals surface area contributed by atoms with Crippen molar-refractivity contribution in [2.45, 2.75) is 26.3 Å². The van der Waals surface area contributed by atoms with E-state index in [1.54, 1.807) is 12.1 Å². The number of hydrogen-bond acceptors (Lipinski definition) is 1. The molecule has 0 aromatic heterocycles. The molecule has 15 heavy (non-hydrogen) atoms. The standard InChI is InChI=1S/C11H14ClFN2/c1-2-3-11(14)15-7-8-4-5-10(13)9(12)6-8/h4-6H,2-3,7H2,1H3,(H2,14,15). The fourth-order valence-electron chi connectivity index (χ4n) is 1.17. The average Bonchev–Trinajstić information content (AvgIpc) is 2.20. The first-order valence-corrected chi connectivity index (χ1v) is 5.24. The highest BCUT2D eigenvalue weighted by molar-refractivity contribution is 6.30. The Labute approximate surface area is 94.0 Å². The summed E-state index contributed by atoms with van der Waals surface area (Å²) in [6.07, 6.45) is 1.76. The summed E-state index contributed by atoms with van der Waals surface area (Å²) in [5.41, 5.74) is 6.50. The van der Waals surface area contributed by atoms with E-state index in [0.717, 1.165) is 18.4 Å². The van der Waals surface area contributed by atoms with Crippen molar-refractivity contribution in [2.24, 2.45) is 10.7 Å². The van der Waals surface area contributed by atoms with Crippen molar-refractivity contribution < 1.29 is 4.39 Å². The zero-order valence-corrected chi connectivity index (χ0v) is 9.39. The first-order chi connectivity index (χ1) is 7.13. The minimum Gasteiger partial charge on any atom is -0.387 e. The lowest BCUT2D eigenvalue weighted by molar-refractivity contribution is 0.627. The molecule has 4 heteroatoms. The SMILES string of the molecule is CCCC(N)=NCc1ccc(F)c(Cl)c1. The fourth-order valence-corrected chi connectivity index (χ4v) is 1.37. The predicted octanol–water partition coefficient (Wildman–Crippen LogP) is 3.14. The third kappa shape index (κ3) is 3.88. The first-order valence-electron chi connectivity index (χ1n) is 4.86. The first kappa shape index (κ1) is 12.0. The molecule has 2 nitrogen and oxygen atoms in total. The van der Waals surface area contributed by atoms with E-state index in [0.29, 0.717) is 12.4 Å². The second kappa shape index (κ2) is 5.71. The van der Waals surface area contributed by atoms with Gasteiger partial charge >= 0.3 is 0 Å². The molecular formula is C11H14ClFN2. The Kier molecular flexibility index (Phi) is 4.56. The van der Waals surface area contributed by atoms with Crippen LogP contribution in [0.3, 0.4) is 0 Å². The number of aliphatic imine (C=N–C) groups is 1. The van der Waals surface area contributed by atoms with Crippen LogP contribution in [0.25, 0.3) is 0 Å². The topological polar surface area (TPSA) is 38.4 Å². The summed E-state index contributed by atoms with van der Waals surface area (Å²) in [6.45, 7) is 2.49. The van der Waals surface area contributed by atoms with Gasteiger partial charge in [-0.25, -0.2) is 4.39 Å². The van der Waals surface area contributed by atoms with E-state index in [4.69, 9.17) is 17.3 Å². The van der Waals surface area contributed by atoms with Crippen molar-refractivity contribution in [2.75, 3.05) is 0 Å². The Morgan fingerprint density at radius 3 is 2.87 bits per heavy atom. The van der Waals surface area contributed by atoms with Gasteiger partial charge in [-0.3, -0.25) is 4.99 Å². The molecule has 0 fully saturated rings. The summed E-state index contributed by atoms with van der Waals surface area (Å²) >= 11 is 5.64. The Bertz CT molecular complexity index is 364. The van der Waals surface area contributed by atoms with Crippen LogP contribution in [0.4, 0.5) is 4.39 Å². The number of nitrogens with two attached hydrogens (primary N) is 1. The zero-order chi connectivity index (χ0) is 11.3. The van der Waals surface area contributed by atoms with Gasteiger partial charge in [0.2, 0.25) is 0 Å². The van der Waals surface area contributed by atoms with E-state index in [9.17, 15) is 4.39 Å². The number of amidine groups is 1. The Balaban J connectivity index is 2.65. The Morgan fingerprint density at radius 1 is 1.53 bits per heavy atom. The van der Waals surface area contributed by atoms with Gasteiger partial charge in [0, 0.05) is 6.42 Å². The molecule has 0 aliphatic carbocycles. The molecule has 0 spiro atoms. The molecule has 82 valence electrons. The molecule has 1 aromatic rings. The molecule has 0 unspecified atom stereocenters. The monoisotopic (exact) mass is 228 g/mol. The largest absolute Gasteiger partial charge is 0.387 e. The van der Waals surface area contributed by atoms with Crippen LogP contribution >= 0.6 is 11.6 Å². The highest BCUT2D eigenvalue weighted by Gasteiger charge is 2.00. The number of halogens is 2. The van der Waals surface area contributed by atoms with E-state index in [1.807, 2.05) is 6.92 Å². The van der Waals surface area contributed by atoms with Crippen molar-refractivity contribution >= 4 is 17.4 Å². The van der Waals surface area contributed by atoms with Gasteiger partial charge in [-0.15, -0.1) is 0 Å². The number of nitrogens with zero attached hydrogens (tertiary/aromatic N) is 1. The predicted molar refractivity (Wildman–Crippen MR) is 61.6 cm³/mol. The minimum atomic E-state index is -0.411. The van der Waals surface area contributed by atoms with Gasteiger partial charge in [-0.2, -0.15) is 0 Å². The third-order valence-electron chi connectivity index (χ3n) is 1.95. The number of benzene rings is 1. The molecule has 0 heterocycles. The Hall–Kier alpha value is -1.09. The molecule has 0 aliphatic heterocycles. The van der Waals surface area contributed by atoms with Crippen LogP contribution < -0.4 is 5.73 Å². The molecule has 0 saturated carbocycles. The summed E-state index contributed by atoms with van der Waals surface area (Å²) in [7, 11) is 0. The van der Waals surface area contributed by atoms with Crippen molar-refractivity contribution in [1.82, 2.24) is 0 Å². The maximum absolute atomic E-state index is 12.8. The molecular weight excluding hydrogens is 215 g/mol. The van der Waals surface area contributed by atoms with E-state index in [2.05, 4.69) is 4.99 Å². The lowest BCUT2D eigenvalue weighted by Crippen LogP contribution is -2.11. The summed E-state index contributed by atoms with van der Waals surface area (Å²) in [5, 5.41) is 0.122. The van der Waals surface area contributed by atoms with Crippen molar-refractivity contribution in [3.8, 4) is 0 Å². The van der Waals surface area contributed by atoms with Crippen LogP contribution in [0.5, 0.6) is 0 Å². The summed E-state index contributed by atoms with van der Waals surface area (Å²) in [4.78, 5) is 4.17. The lowest BCUT2D eigenvalue weighted by atomic mass is 10.2. The normalized spacial score (nSPS) is 11.8. The van der Waals surface area contributed by atoms with Crippen molar-refractivity contribution in [1.29, 1.82) is 0 Å². The van der Waals surface area contributed by atoms with E-state index < -0.39 is 5.82 Å². The molecule has 0 amide bonds. The van der Waals surface area contributed by atoms with Crippen LogP contribution in [0.2, 0.25) is 5.02 Å². The smallest absolute Gasteiger partial charge is 0.141 e. The summed E-state index contributed by atoms with van der Waals surface area (Å²) in [6, 6.07) is 4.56. The maximum Gasteiger partial charge on any atom is 0.141 e. The highest BCUT2D eigenvalue weighted by Crippen LogP contribution is 2.16. The van der Waals surface area contributed by atoms with Gasteiger partial charge in [0.15, 0.2) is 0 Å². The molecule has 0 aliphatic rings. The third-order valence-corrected chi connectivity index (χ3v) is 2.24. The van der Waals surface area contributed by atoms with Gasteiger partial charge in [0.25, 0.3) is 0 Å². The van der Waals surface area contributed by atoms with Crippen LogP contribution in [-0.4, -0.2) is 5.84 Å². The second-order valence-corrected chi connectivity index (χ2v) is 3.71. The number of hydrogen-bond donors (Lipinski definition) is 1. The van der Waals surface area contributed by atoms with Gasteiger partial charge < -0.3 is 5.73 Å². The minimum absolute atomic E-state index is 0.122. The maximum atomic E-state index is 12.8. The molecule has 0 bridgehead atoms. The van der Waals surface area contributed by atoms with Gasteiger partial charge in [0.05, 0.1) is 17.4 Å². The molecule has 1 aromatic carbocycles. The van der Waals surface area contributed by atoms with Gasteiger partial charge in [0.1, 0.15) is 5.82 Å². The van der Waals surface area contributed by atoms with E-state index in [-0.39, 0.29) is 5.02 Å². The van der Waals surface area contributed by atoms with Crippen molar-refractivity contribution in [3.63, 3.8) is 0 Å². The van der Waals surface area contributed by atoms with Crippen molar-refractivity contribution in [3.05, 3.63) is 34.6 Å². The molecule has 0 atom stereocenters. The van der Waals surface area contributed by atoms with Crippen LogP contribution in [0.15, 0.2) is 23.2 Å². The second-order valence-electron chi connectivity index (χ2n) is 3.31. The summed E-state index contributed by atoms with van der Waals surface area (Å²) in [5.74, 6) is 0.212. The number of rotatable bonds is 4. The van der Waals surface area contributed by atoms with E-state index in [1.165, 1.54) is 6.07 Å². The molecule has 0 saturated heterocycles. The average molecular weight is 229 g/mol. The molecule has 0 radical (unpaired) electrons. The molecule has 1 rings (SSSR count). The zero-order valence-electron chi connectivity index (χ0n) is 8.63. The quantitative estimate of drug-likeness (QED) is 0.624. The van der Waals surface area contributed by atoms with Crippen LogP contribution in [-0.2, 0) is 6.54 Å². The van der Waals surface area contributed by atoms with Gasteiger partial charge in [-0.1, -0.05) is 24.6 Å². The van der Waals surface area contributed by atoms with Crippen LogP contribution in [0.1, 0.15) is 25.3 Å². The highest BCUT2D eigenvalue weighted by atomic mass is 35.5.